The smallest absolute Gasteiger partial charge is 0.335 e. The lowest BCUT2D eigenvalue weighted by molar-refractivity contribution is 0.0686. The SMILES string of the molecule is CC(O)CC(O)c1c(F)c(F)c(F)c(F)c1F.CCc1ccc(C(=O)O)cc1.CCc1ccc(C(=O)O)cc1. The fraction of sp³-hybridized carbons (Fsp3) is 0.286. The van der Waals surface area contributed by atoms with E-state index in [0.717, 1.165) is 24.0 Å². The predicted molar refractivity (Wildman–Crippen MR) is 133 cm³/mol. The molecule has 2 unspecified atom stereocenters. The maximum absolute atomic E-state index is 13.1. The van der Waals surface area contributed by atoms with Gasteiger partial charge in [-0.2, -0.15) is 0 Å². The molecule has 0 aliphatic heterocycles. The number of carboxylic acid groups (broad SMARTS) is 2. The zero-order valence-corrected chi connectivity index (χ0v) is 21.4. The van der Waals surface area contributed by atoms with Gasteiger partial charge in [0.25, 0.3) is 0 Å². The van der Waals surface area contributed by atoms with Crippen molar-refractivity contribution in [1.82, 2.24) is 0 Å². The number of aliphatic hydroxyl groups excluding tert-OH is 2. The van der Waals surface area contributed by atoms with E-state index in [2.05, 4.69) is 0 Å². The highest BCUT2D eigenvalue weighted by molar-refractivity contribution is 5.87. The van der Waals surface area contributed by atoms with Crippen LogP contribution in [0.3, 0.4) is 0 Å². The normalized spacial score (nSPS) is 11.8. The fourth-order valence-electron chi connectivity index (χ4n) is 3.12. The van der Waals surface area contributed by atoms with Crippen molar-refractivity contribution >= 4 is 11.9 Å². The summed E-state index contributed by atoms with van der Waals surface area (Å²) in [5, 5.41) is 35.3. The average Bonchev–Trinajstić information content (AvgIpc) is 2.91. The highest BCUT2D eigenvalue weighted by Crippen LogP contribution is 2.29. The zero-order valence-electron chi connectivity index (χ0n) is 21.4. The van der Waals surface area contributed by atoms with Crippen LogP contribution in [0, 0.1) is 29.1 Å². The number of carboxylic acids is 2. The van der Waals surface area contributed by atoms with Crippen LogP contribution in [0.15, 0.2) is 48.5 Å². The number of carbonyl (C=O) groups is 2. The molecule has 3 aromatic rings. The van der Waals surface area contributed by atoms with Crippen molar-refractivity contribution in [1.29, 1.82) is 0 Å². The fourth-order valence-corrected chi connectivity index (χ4v) is 3.12. The molecule has 0 spiro atoms. The molecule has 0 heterocycles. The van der Waals surface area contributed by atoms with Crippen LogP contribution < -0.4 is 0 Å². The summed E-state index contributed by atoms with van der Waals surface area (Å²) in [7, 11) is 0. The number of hydrogen-bond acceptors (Lipinski definition) is 4. The van der Waals surface area contributed by atoms with E-state index in [1.165, 1.54) is 6.92 Å². The Balaban J connectivity index is 0.000000304. The Labute approximate surface area is 222 Å². The second kappa shape index (κ2) is 15.6. The summed E-state index contributed by atoms with van der Waals surface area (Å²) in [6, 6.07) is 13.9. The van der Waals surface area contributed by atoms with Gasteiger partial charge < -0.3 is 20.4 Å². The van der Waals surface area contributed by atoms with Gasteiger partial charge in [0.15, 0.2) is 23.3 Å². The van der Waals surface area contributed by atoms with Crippen molar-refractivity contribution in [3.05, 3.63) is 105 Å². The van der Waals surface area contributed by atoms with Gasteiger partial charge in [-0.3, -0.25) is 0 Å². The topological polar surface area (TPSA) is 115 Å². The van der Waals surface area contributed by atoms with Crippen LogP contribution in [0.2, 0.25) is 0 Å². The van der Waals surface area contributed by atoms with Gasteiger partial charge >= 0.3 is 11.9 Å². The van der Waals surface area contributed by atoms with Gasteiger partial charge in [0.2, 0.25) is 5.82 Å². The van der Waals surface area contributed by atoms with Crippen molar-refractivity contribution in [3.63, 3.8) is 0 Å². The first-order valence-corrected chi connectivity index (χ1v) is 11.8. The van der Waals surface area contributed by atoms with Crippen molar-refractivity contribution in [2.75, 3.05) is 0 Å². The number of rotatable bonds is 7. The number of halogens is 5. The Bertz CT molecular complexity index is 1160. The standard InChI is InChI=1S/C10H9F5O2.2C9H10O2/c1-3(16)2-4(17)5-6(11)8(13)10(15)9(14)7(5)12;2*1-2-7-3-5-8(6-4-7)9(10)11/h3-4,16-17H,2H2,1H3;2*3-6H,2H2,1H3,(H,10,11). The molecule has 0 bridgehead atoms. The van der Waals surface area contributed by atoms with Gasteiger partial charge in [-0.15, -0.1) is 0 Å². The molecule has 6 nitrogen and oxygen atoms in total. The second-order valence-electron chi connectivity index (χ2n) is 8.30. The molecule has 212 valence electrons. The molecule has 0 amide bonds. The quantitative estimate of drug-likeness (QED) is 0.159. The van der Waals surface area contributed by atoms with Gasteiger partial charge in [0.1, 0.15) is 0 Å². The van der Waals surface area contributed by atoms with Crippen LogP contribution >= 0.6 is 0 Å². The zero-order chi connectivity index (χ0) is 29.9. The van der Waals surface area contributed by atoms with Gasteiger partial charge in [0.05, 0.1) is 28.9 Å². The molecule has 11 heteroatoms. The lowest BCUT2D eigenvalue weighted by atomic mass is 10.0. The summed E-state index contributed by atoms with van der Waals surface area (Å²) in [5.41, 5.74) is 1.69. The molecule has 2 atom stereocenters. The van der Waals surface area contributed by atoms with E-state index in [1.807, 2.05) is 38.1 Å². The first-order chi connectivity index (χ1) is 18.2. The van der Waals surface area contributed by atoms with Crippen molar-refractivity contribution in [2.24, 2.45) is 0 Å². The maximum Gasteiger partial charge on any atom is 0.335 e. The molecule has 0 aliphatic carbocycles. The van der Waals surface area contributed by atoms with Crippen LogP contribution in [-0.2, 0) is 12.8 Å². The monoisotopic (exact) mass is 556 g/mol. The highest BCUT2D eigenvalue weighted by Gasteiger charge is 2.29. The number of aromatic carboxylic acids is 2. The Hall–Kier alpha value is -3.83. The molecule has 0 saturated heterocycles. The third-order valence-electron chi connectivity index (χ3n) is 5.36. The molecule has 3 rings (SSSR count). The molecule has 0 aromatic heterocycles. The third kappa shape index (κ3) is 9.77. The number of aryl methyl sites for hydroxylation is 2. The summed E-state index contributed by atoms with van der Waals surface area (Å²) in [6.45, 7) is 5.28. The number of benzene rings is 3. The highest BCUT2D eigenvalue weighted by atomic mass is 19.2. The van der Waals surface area contributed by atoms with E-state index in [4.69, 9.17) is 15.3 Å². The summed E-state index contributed by atoms with van der Waals surface area (Å²) in [4.78, 5) is 20.8. The van der Waals surface area contributed by atoms with E-state index in [-0.39, 0.29) is 0 Å². The molecule has 0 fully saturated rings. The summed E-state index contributed by atoms with van der Waals surface area (Å²) >= 11 is 0. The van der Waals surface area contributed by atoms with Gasteiger partial charge in [0, 0.05) is 6.42 Å². The Morgan fingerprint density at radius 1 is 0.641 bits per heavy atom. The Morgan fingerprint density at radius 3 is 1.21 bits per heavy atom. The maximum atomic E-state index is 13.1. The van der Waals surface area contributed by atoms with Crippen LogP contribution in [0.1, 0.15) is 70.7 Å². The van der Waals surface area contributed by atoms with Crippen molar-refractivity contribution in [3.8, 4) is 0 Å². The molecule has 0 saturated carbocycles. The van der Waals surface area contributed by atoms with Gasteiger partial charge in [-0.25, -0.2) is 31.5 Å². The van der Waals surface area contributed by atoms with Gasteiger partial charge in [-0.1, -0.05) is 38.1 Å². The predicted octanol–water partition coefficient (Wildman–Crippen LogP) is 6.08. The Kier molecular flexibility index (Phi) is 13.2. The van der Waals surface area contributed by atoms with E-state index >= 15 is 0 Å². The lowest BCUT2D eigenvalue weighted by Crippen LogP contribution is -2.15. The molecule has 4 N–H and O–H groups in total. The largest absolute Gasteiger partial charge is 0.478 e. The average molecular weight is 557 g/mol. The molecular weight excluding hydrogens is 527 g/mol. The van der Waals surface area contributed by atoms with E-state index in [0.29, 0.717) is 11.1 Å². The summed E-state index contributed by atoms with van der Waals surface area (Å²) in [5.74, 6) is -12.4. The molecular formula is C28H29F5O6. The molecule has 39 heavy (non-hydrogen) atoms. The number of hydrogen-bond donors (Lipinski definition) is 4. The minimum atomic E-state index is -2.28. The van der Waals surface area contributed by atoms with Crippen molar-refractivity contribution in [2.45, 2.75) is 52.2 Å². The van der Waals surface area contributed by atoms with Gasteiger partial charge in [-0.05, 0) is 55.2 Å². The van der Waals surface area contributed by atoms with E-state index in [9.17, 15) is 36.6 Å². The van der Waals surface area contributed by atoms with Crippen LogP contribution in [0.5, 0.6) is 0 Å². The minimum Gasteiger partial charge on any atom is -0.478 e. The first kappa shape index (κ1) is 33.2. The Morgan fingerprint density at radius 2 is 0.949 bits per heavy atom. The molecule has 0 radical (unpaired) electrons. The summed E-state index contributed by atoms with van der Waals surface area (Å²) < 4.78 is 64.5. The van der Waals surface area contributed by atoms with Crippen LogP contribution in [0.25, 0.3) is 0 Å². The minimum absolute atomic E-state index is 0.349. The second-order valence-corrected chi connectivity index (χ2v) is 8.30. The third-order valence-corrected chi connectivity index (χ3v) is 5.36. The van der Waals surface area contributed by atoms with E-state index < -0.39 is 65.2 Å². The number of aliphatic hydroxyl groups is 2. The molecule has 3 aromatic carbocycles. The van der Waals surface area contributed by atoms with Crippen molar-refractivity contribution < 1.29 is 52.0 Å². The van der Waals surface area contributed by atoms with Crippen LogP contribution in [0.4, 0.5) is 22.0 Å². The summed E-state index contributed by atoms with van der Waals surface area (Å²) in [6.07, 6.45) is -1.78. The van der Waals surface area contributed by atoms with E-state index in [1.54, 1.807) is 24.3 Å². The molecule has 0 aliphatic rings. The lowest BCUT2D eigenvalue weighted by Gasteiger charge is -2.15. The first-order valence-electron chi connectivity index (χ1n) is 11.8. The van der Waals surface area contributed by atoms with Crippen LogP contribution in [-0.4, -0.2) is 38.5 Å².